The van der Waals surface area contributed by atoms with Crippen LogP contribution in [0.4, 0.5) is 0 Å². The lowest BCUT2D eigenvalue weighted by Gasteiger charge is -2.43. The SMILES string of the molecule is CCN(Cc1cccs1)C(CN)(COC)C1CC1. The molecule has 1 unspecified atom stereocenters. The minimum atomic E-state index is 0.0352. The Morgan fingerprint density at radius 2 is 2.33 bits per heavy atom. The number of likely N-dealkylation sites (N-methyl/N-ethyl adjacent to an activating group) is 1. The molecule has 0 saturated heterocycles. The molecule has 0 aliphatic heterocycles. The molecular weight excluding hydrogens is 244 g/mol. The lowest BCUT2D eigenvalue weighted by molar-refractivity contribution is -0.00255. The van der Waals surface area contributed by atoms with E-state index in [1.54, 1.807) is 7.11 Å². The van der Waals surface area contributed by atoms with Gasteiger partial charge in [0.2, 0.25) is 0 Å². The molecule has 0 aromatic carbocycles. The van der Waals surface area contributed by atoms with E-state index in [2.05, 4.69) is 29.3 Å². The highest BCUT2D eigenvalue weighted by molar-refractivity contribution is 7.09. The fourth-order valence-corrected chi connectivity index (χ4v) is 3.59. The summed E-state index contributed by atoms with van der Waals surface area (Å²) in [7, 11) is 1.78. The summed E-state index contributed by atoms with van der Waals surface area (Å²) in [5, 5.41) is 2.14. The standard InChI is InChI=1S/C14H24N2OS/c1-3-16(9-13-5-4-8-18-13)14(10-15,11-17-2)12-6-7-12/h4-5,8,12H,3,6-7,9-11,15H2,1-2H3. The van der Waals surface area contributed by atoms with Gasteiger partial charge in [0.25, 0.3) is 0 Å². The van der Waals surface area contributed by atoms with Crippen LogP contribution in [0.5, 0.6) is 0 Å². The van der Waals surface area contributed by atoms with Crippen molar-refractivity contribution >= 4 is 11.3 Å². The number of rotatable bonds is 8. The first-order valence-corrected chi connectivity index (χ1v) is 7.61. The van der Waals surface area contributed by atoms with Crippen LogP contribution in [0.3, 0.4) is 0 Å². The molecule has 1 heterocycles. The smallest absolute Gasteiger partial charge is 0.0661 e. The molecule has 0 radical (unpaired) electrons. The summed E-state index contributed by atoms with van der Waals surface area (Å²) in [6.45, 7) is 5.66. The molecule has 102 valence electrons. The maximum Gasteiger partial charge on any atom is 0.0661 e. The monoisotopic (exact) mass is 268 g/mol. The predicted molar refractivity (Wildman–Crippen MR) is 76.8 cm³/mol. The van der Waals surface area contributed by atoms with Crippen LogP contribution in [-0.4, -0.2) is 37.2 Å². The van der Waals surface area contributed by atoms with Gasteiger partial charge in [0.1, 0.15) is 0 Å². The van der Waals surface area contributed by atoms with E-state index in [9.17, 15) is 0 Å². The van der Waals surface area contributed by atoms with Crippen molar-refractivity contribution in [2.24, 2.45) is 11.7 Å². The second-order valence-corrected chi connectivity index (χ2v) is 6.14. The van der Waals surface area contributed by atoms with Gasteiger partial charge in [0.15, 0.2) is 0 Å². The van der Waals surface area contributed by atoms with Crippen molar-refractivity contribution in [3.63, 3.8) is 0 Å². The van der Waals surface area contributed by atoms with E-state index >= 15 is 0 Å². The van der Waals surface area contributed by atoms with E-state index in [1.165, 1.54) is 17.7 Å². The zero-order valence-electron chi connectivity index (χ0n) is 11.4. The fraction of sp³-hybridized carbons (Fsp3) is 0.714. The van der Waals surface area contributed by atoms with Crippen molar-refractivity contribution in [3.05, 3.63) is 22.4 Å². The second kappa shape index (κ2) is 6.15. The molecule has 0 amide bonds. The lowest BCUT2D eigenvalue weighted by atomic mass is 9.91. The van der Waals surface area contributed by atoms with Crippen LogP contribution in [0.2, 0.25) is 0 Å². The topological polar surface area (TPSA) is 38.5 Å². The third kappa shape index (κ3) is 2.77. The molecule has 3 nitrogen and oxygen atoms in total. The van der Waals surface area contributed by atoms with Crippen LogP contribution in [0, 0.1) is 5.92 Å². The number of hydrogen-bond donors (Lipinski definition) is 1. The molecule has 18 heavy (non-hydrogen) atoms. The highest BCUT2D eigenvalue weighted by Gasteiger charge is 2.47. The minimum absolute atomic E-state index is 0.0352. The molecule has 0 bridgehead atoms. The van der Waals surface area contributed by atoms with Gasteiger partial charge in [-0.05, 0) is 36.8 Å². The number of hydrogen-bond acceptors (Lipinski definition) is 4. The molecular formula is C14H24N2OS. The third-order valence-corrected chi connectivity index (χ3v) is 4.88. The Bertz CT molecular complexity index is 351. The number of nitrogens with zero attached hydrogens (tertiary/aromatic N) is 1. The highest BCUT2D eigenvalue weighted by atomic mass is 32.1. The molecule has 2 rings (SSSR count). The second-order valence-electron chi connectivity index (χ2n) is 5.11. The first-order valence-electron chi connectivity index (χ1n) is 6.73. The van der Waals surface area contributed by atoms with Crippen LogP contribution < -0.4 is 5.73 Å². The summed E-state index contributed by atoms with van der Waals surface area (Å²) in [5.41, 5.74) is 6.16. The zero-order valence-corrected chi connectivity index (χ0v) is 12.2. The average Bonchev–Trinajstić information content (AvgIpc) is 3.12. The van der Waals surface area contributed by atoms with Crippen LogP contribution in [0.25, 0.3) is 0 Å². The summed E-state index contributed by atoms with van der Waals surface area (Å²) in [4.78, 5) is 3.92. The van der Waals surface area contributed by atoms with Gasteiger partial charge < -0.3 is 10.5 Å². The van der Waals surface area contributed by atoms with Gasteiger partial charge in [0, 0.05) is 25.1 Å². The molecule has 2 N–H and O–H groups in total. The van der Waals surface area contributed by atoms with Crippen LogP contribution >= 0.6 is 11.3 Å². The van der Waals surface area contributed by atoms with Crippen molar-refractivity contribution in [3.8, 4) is 0 Å². The Morgan fingerprint density at radius 1 is 1.56 bits per heavy atom. The predicted octanol–water partition coefficient (Wildman–Crippen LogP) is 2.32. The van der Waals surface area contributed by atoms with Crippen LogP contribution in [0.15, 0.2) is 17.5 Å². The largest absolute Gasteiger partial charge is 0.383 e. The Labute approximate surface area is 114 Å². The lowest BCUT2D eigenvalue weighted by Crippen LogP contribution is -2.58. The van der Waals surface area contributed by atoms with E-state index in [1.807, 2.05) is 11.3 Å². The van der Waals surface area contributed by atoms with E-state index in [0.29, 0.717) is 12.5 Å². The first-order chi connectivity index (χ1) is 8.76. The van der Waals surface area contributed by atoms with Gasteiger partial charge in [-0.1, -0.05) is 13.0 Å². The number of thiophene rings is 1. The highest BCUT2D eigenvalue weighted by Crippen LogP contribution is 2.43. The van der Waals surface area contributed by atoms with Crippen molar-refractivity contribution in [1.82, 2.24) is 4.90 Å². The van der Waals surface area contributed by atoms with Gasteiger partial charge in [-0.3, -0.25) is 4.90 Å². The Morgan fingerprint density at radius 3 is 2.78 bits per heavy atom. The summed E-state index contributed by atoms with van der Waals surface area (Å²) < 4.78 is 5.48. The number of methoxy groups -OCH3 is 1. The summed E-state index contributed by atoms with van der Waals surface area (Å²) in [6.07, 6.45) is 2.59. The van der Waals surface area contributed by atoms with E-state index < -0.39 is 0 Å². The van der Waals surface area contributed by atoms with Crippen LogP contribution in [0.1, 0.15) is 24.6 Å². The molecule has 1 aliphatic carbocycles. The number of nitrogens with two attached hydrogens (primary N) is 1. The molecule has 1 atom stereocenters. The Kier molecular flexibility index (Phi) is 4.78. The van der Waals surface area contributed by atoms with Crippen molar-refractivity contribution in [2.75, 3.05) is 26.8 Å². The molecule has 4 heteroatoms. The summed E-state index contributed by atoms with van der Waals surface area (Å²) >= 11 is 1.82. The fourth-order valence-electron chi connectivity index (χ4n) is 2.87. The van der Waals surface area contributed by atoms with E-state index in [0.717, 1.165) is 19.7 Å². The number of ether oxygens (including phenoxy) is 1. The normalized spacial score (nSPS) is 19.1. The van der Waals surface area contributed by atoms with Gasteiger partial charge in [-0.2, -0.15) is 0 Å². The third-order valence-electron chi connectivity index (χ3n) is 4.02. The molecule has 1 saturated carbocycles. The van der Waals surface area contributed by atoms with Gasteiger partial charge in [-0.15, -0.1) is 11.3 Å². The van der Waals surface area contributed by atoms with Gasteiger partial charge in [0.05, 0.1) is 12.1 Å². The molecule has 0 spiro atoms. The maximum absolute atomic E-state index is 6.12. The zero-order chi connectivity index (χ0) is 13.0. The van der Waals surface area contributed by atoms with Gasteiger partial charge in [-0.25, -0.2) is 0 Å². The Balaban J connectivity index is 2.15. The minimum Gasteiger partial charge on any atom is -0.383 e. The van der Waals surface area contributed by atoms with Crippen molar-refractivity contribution in [2.45, 2.75) is 31.8 Å². The summed E-state index contributed by atoms with van der Waals surface area (Å²) in [5.74, 6) is 0.711. The maximum atomic E-state index is 6.12. The molecule has 1 aromatic rings. The average molecular weight is 268 g/mol. The summed E-state index contributed by atoms with van der Waals surface area (Å²) in [6, 6.07) is 4.32. The van der Waals surface area contributed by atoms with E-state index in [4.69, 9.17) is 10.5 Å². The van der Waals surface area contributed by atoms with Crippen LogP contribution in [-0.2, 0) is 11.3 Å². The molecule has 1 aromatic heterocycles. The van der Waals surface area contributed by atoms with Crippen molar-refractivity contribution < 1.29 is 4.74 Å². The quantitative estimate of drug-likeness (QED) is 0.786. The van der Waals surface area contributed by atoms with Crippen molar-refractivity contribution in [1.29, 1.82) is 0 Å². The molecule has 1 fully saturated rings. The van der Waals surface area contributed by atoms with E-state index in [-0.39, 0.29) is 5.54 Å². The Hall–Kier alpha value is -0.420. The van der Waals surface area contributed by atoms with Gasteiger partial charge >= 0.3 is 0 Å². The molecule has 1 aliphatic rings. The first kappa shape index (κ1) is 14.0.